The molecule has 108 valence electrons. The van der Waals surface area contributed by atoms with Gasteiger partial charge in [-0.05, 0) is 39.8 Å². The van der Waals surface area contributed by atoms with Crippen molar-refractivity contribution in [1.82, 2.24) is 4.90 Å². The normalized spacial score (nSPS) is 15.6. The fraction of sp³-hybridized carbons (Fsp3) is 0.625. The van der Waals surface area contributed by atoms with Gasteiger partial charge >= 0.3 is 0 Å². The quantitative estimate of drug-likeness (QED) is 0.830. The van der Waals surface area contributed by atoms with Crippen LogP contribution in [0.5, 0.6) is 0 Å². The number of hydrogen-bond donors (Lipinski definition) is 2. The van der Waals surface area contributed by atoms with Gasteiger partial charge < -0.3 is 10.8 Å². The van der Waals surface area contributed by atoms with E-state index in [9.17, 15) is 5.11 Å². The molecule has 0 aliphatic rings. The van der Waals surface area contributed by atoms with Gasteiger partial charge in [-0.1, -0.05) is 36.8 Å². The molecule has 0 aliphatic carbocycles. The van der Waals surface area contributed by atoms with Crippen LogP contribution < -0.4 is 5.73 Å². The lowest BCUT2D eigenvalue weighted by Gasteiger charge is -2.42. The van der Waals surface area contributed by atoms with Crippen molar-refractivity contribution in [3.63, 3.8) is 0 Å². The highest BCUT2D eigenvalue weighted by Crippen LogP contribution is 2.30. The minimum atomic E-state index is -0.289. The summed E-state index contributed by atoms with van der Waals surface area (Å²) in [6.07, 6.45) is 0.907. The van der Waals surface area contributed by atoms with E-state index in [-0.39, 0.29) is 24.2 Å². The monoisotopic (exact) mass is 264 g/mol. The molecule has 1 aromatic rings. The molecule has 0 saturated heterocycles. The van der Waals surface area contributed by atoms with Crippen LogP contribution in [0.2, 0.25) is 0 Å². The number of aryl methyl sites for hydroxylation is 1. The first-order chi connectivity index (χ1) is 8.83. The van der Waals surface area contributed by atoms with Gasteiger partial charge in [0.1, 0.15) is 0 Å². The number of nitrogens with two attached hydrogens (primary N) is 1. The fourth-order valence-electron chi connectivity index (χ4n) is 2.23. The molecule has 0 aromatic heterocycles. The van der Waals surface area contributed by atoms with Crippen molar-refractivity contribution < 1.29 is 5.11 Å². The second-order valence-electron chi connectivity index (χ2n) is 6.01. The largest absolute Gasteiger partial charge is 0.394 e. The average Bonchev–Trinajstić information content (AvgIpc) is 2.40. The van der Waals surface area contributed by atoms with Gasteiger partial charge in [-0.3, -0.25) is 4.90 Å². The zero-order valence-corrected chi connectivity index (χ0v) is 12.9. The Kier molecular flexibility index (Phi) is 5.53. The number of hydrogen-bond acceptors (Lipinski definition) is 3. The molecular formula is C16H28N2O. The standard InChI is InChI=1S/C16H28N2O/c1-6-14(17)15(18(5)16(3,4)11-19)13-9-7-12(2)8-10-13/h7-10,14-15,19H,6,11,17H2,1-5H3. The van der Waals surface area contributed by atoms with E-state index in [0.29, 0.717) is 0 Å². The molecule has 3 heteroatoms. The molecule has 0 bridgehead atoms. The summed E-state index contributed by atoms with van der Waals surface area (Å²) in [5, 5.41) is 9.58. The summed E-state index contributed by atoms with van der Waals surface area (Å²) in [6, 6.07) is 8.68. The smallest absolute Gasteiger partial charge is 0.0610 e. The van der Waals surface area contributed by atoms with Gasteiger partial charge in [0, 0.05) is 11.6 Å². The SMILES string of the molecule is CCC(N)C(c1ccc(C)cc1)N(C)C(C)(C)CO. The summed E-state index contributed by atoms with van der Waals surface area (Å²) in [7, 11) is 2.04. The Bertz CT molecular complexity index is 386. The van der Waals surface area contributed by atoms with Gasteiger partial charge in [-0.15, -0.1) is 0 Å². The number of benzene rings is 1. The van der Waals surface area contributed by atoms with Crippen LogP contribution in [0.4, 0.5) is 0 Å². The van der Waals surface area contributed by atoms with Gasteiger partial charge in [-0.25, -0.2) is 0 Å². The summed E-state index contributed by atoms with van der Waals surface area (Å²) in [5.74, 6) is 0. The molecule has 19 heavy (non-hydrogen) atoms. The third-order valence-electron chi connectivity index (χ3n) is 4.05. The molecule has 0 heterocycles. The van der Waals surface area contributed by atoms with Crippen LogP contribution in [0.25, 0.3) is 0 Å². The lowest BCUT2D eigenvalue weighted by atomic mass is 9.91. The van der Waals surface area contributed by atoms with Crippen molar-refractivity contribution in [2.24, 2.45) is 5.73 Å². The third kappa shape index (κ3) is 3.78. The first kappa shape index (κ1) is 16.2. The molecule has 2 unspecified atom stereocenters. The summed E-state index contributed by atoms with van der Waals surface area (Å²) in [4.78, 5) is 2.19. The van der Waals surface area contributed by atoms with Crippen molar-refractivity contribution in [2.45, 2.75) is 51.7 Å². The third-order valence-corrected chi connectivity index (χ3v) is 4.05. The number of likely N-dealkylation sites (N-methyl/N-ethyl adjacent to an activating group) is 1. The molecule has 0 amide bonds. The Morgan fingerprint density at radius 1 is 1.26 bits per heavy atom. The Morgan fingerprint density at radius 3 is 2.21 bits per heavy atom. The molecule has 0 radical (unpaired) electrons. The highest BCUT2D eigenvalue weighted by atomic mass is 16.3. The predicted octanol–water partition coefficient (Wildman–Crippen LogP) is 2.48. The molecular weight excluding hydrogens is 236 g/mol. The Labute approximate surface area is 117 Å². The van der Waals surface area contributed by atoms with Crippen molar-refractivity contribution in [3.8, 4) is 0 Å². The second-order valence-corrected chi connectivity index (χ2v) is 6.01. The predicted molar refractivity (Wildman–Crippen MR) is 81.1 cm³/mol. The number of aliphatic hydroxyl groups is 1. The zero-order valence-electron chi connectivity index (χ0n) is 12.9. The number of aliphatic hydroxyl groups excluding tert-OH is 1. The van der Waals surface area contributed by atoms with Crippen LogP contribution in [0.15, 0.2) is 24.3 Å². The molecule has 3 N–H and O–H groups in total. The van der Waals surface area contributed by atoms with E-state index in [1.54, 1.807) is 0 Å². The van der Waals surface area contributed by atoms with E-state index in [1.807, 2.05) is 20.9 Å². The van der Waals surface area contributed by atoms with Gasteiger partial charge in [-0.2, -0.15) is 0 Å². The molecule has 0 spiro atoms. The van der Waals surface area contributed by atoms with Gasteiger partial charge in [0.05, 0.1) is 12.6 Å². The van der Waals surface area contributed by atoms with Gasteiger partial charge in [0.25, 0.3) is 0 Å². The summed E-state index contributed by atoms with van der Waals surface area (Å²) < 4.78 is 0. The minimum Gasteiger partial charge on any atom is -0.394 e. The lowest BCUT2D eigenvalue weighted by molar-refractivity contribution is 0.0345. The van der Waals surface area contributed by atoms with Crippen molar-refractivity contribution in [3.05, 3.63) is 35.4 Å². The van der Waals surface area contributed by atoms with E-state index in [2.05, 4.69) is 43.0 Å². The lowest BCUT2D eigenvalue weighted by Crippen LogP contribution is -2.51. The van der Waals surface area contributed by atoms with Crippen LogP contribution in [0, 0.1) is 6.92 Å². The maximum atomic E-state index is 9.58. The Balaban J connectivity index is 3.11. The van der Waals surface area contributed by atoms with E-state index in [0.717, 1.165) is 6.42 Å². The van der Waals surface area contributed by atoms with E-state index < -0.39 is 0 Å². The van der Waals surface area contributed by atoms with Crippen molar-refractivity contribution in [1.29, 1.82) is 0 Å². The minimum absolute atomic E-state index is 0.0542. The molecule has 0 fully saturated rings. The van der Waals surface area contributed by atoms with Crippen molar-refractivity contribution >= 4 is 0 Å². The van der Waals surface area contributed by atoms with Gasteiger partial charge in [0.15, 0.2) is 0 Å². The highest BCUT2D eigenvalue weighted by molar-refractivity contribution is 5.25. The first-order valence-corrected chi connectivity index (χ1v) is 6.99. The molecule has 1 aromatic carbocycles. The molecule has 3 nitrogen and oxygen atoms in total. The van der Waals surface area contributed by atoms with Crippen molar-refractivity contribution in [2.75, 3.05) is 13.7 Å². The molecule has 0 saturated carbocycles. The maximum Gasteiger partial charge on any atom is 0.0610 e. The van der Waals surface area contributed by atoms with E-state index in [1.165, 1.54) is 11.1 Å². The fourth-order valence-corrected chi connectivity index (χ4v) is 2.23. The molecule has 2 atom stereocenters. The maximum absolute atomic E-state index is 9.58. The van der Waals surface area contributed by atoms with Crippen LogP contribution in [0.1, 0.15) is 44.4 Å². The molecule has 0 aliphatic heterocycles. The van der Waals surface area contributed by atoms with E-state index in [4.69, 9.17) is 5.73 Å². The first-order valence-electron chi connectivity index (χ1n) is 6.99. The Morgan fingerprint density at radius 2 is 1.79 bits per heavy atom. The average molecular weight is 264 g/mol. The van der Waals surface area contributed by atoms with Crippen LogP contribution in [-0.2, 0) is 0 Å². The summed E-state index contributed by atoms with van der Waals surface area (Å²) in [5.41, 5.74) is 8.49. The highest BCUT2D eigenvalue weighted by Gasteiger charge is 2.32. The Hall–Kier alpha value is -0.900. The summed E-state index contributed by atoms with van der Waals surface area (Å²) in [6.45, 7) is 8.38. The molecule has 1 rings (SSSR count). The topological polar surface area (TPSA) is 49.5 Å². The summed E-state index contributed by atoms with van der Waals surface area (Å²) >= 11 is 0. The van der Waals surface area contributed by atoms with Crippen LogP contribution in [-0.4, -0.2) is 35.2 Å². The second kappa shape index (κ2) is 6.51. The van der Waals surface area contributed by atoms with Crippen LogP contribution >= 0.6 is 0 Å². The van der Waals surface area contributed by atoms with Gasteiger partial charge in [0.2, 0.25) is 0 Å². The zero-order chi connectivity index (χ0) is 14.6. The van der Waals surface area contributed by atoms with Crippen LogP contribution in [0.3, 0.4) is 0 Å². The number of rotatable bonds is 6. The number of nitrogens with zero attached hydrogens (tertiary/aromatic N) is 1. The van der Waals surface area contributed by atoms with E-state index >= 15 is 0 Å².